The van der Waals surface area contributed by atoms with Gasteiger partial charge in [0, 0.05) is 30.3 Å². The van der Waals surface area contributed by atoms with Gasteiger partial charge in [0.2, 0.25) is 0 Å². The molecule has 2 aromatic carbocycles. The monoisotopic (exact) mass is 419 g/mol. The van der Waals surface area contributed by atoms with Crippen LogP contribution in [0.3, 0.4) is 0 Å². The van der Waals surface area contributed by atoms with Crippen LogP contribution >= 0.6 is 0 Å². The minimum atomic E-state index is -0.123. The molecule has 0 aliphatic rings. The zero-order chi connectivity index (χ0) is 22.4. The molecule has 4 aromatic rings. The maximum absolute atomic E-state index is 10.8. The first-order valence-electron chi connectivity index (χ1n) is 10.6. The number of benzene rings is 2. The van der Waals surface area contributed by atoms with Gasteiger partial charge in [-0.15, -0.1) is 0 Å². The molecule has 31 heavy (non-hydrogen) atoms. The second-order valence-electron chi connectivity index (χ2n) is 8.36. The summed E-state index contributed by atoms with van der Waals surface area (Å²) in [6.45, 7) is 10.8. The summed E-state index contributed by atoms with van der Waals surface area (Å²) < 4.78 is 9.53. The summed E-state index contributed by atoms with van der Waals surface area (Å²) in [6, 6.07) is 7.54. The molecule has 2 aromatic heterocycles. The molecule has 0 unspecified atom stereocenters. The Hall–Kier alpha value is -3.41. The third-order valence-electron chi connectivity index (χ3n) is 5.78. The smallest absolute Gasteiger partial charge is 0.298 e. The van der Waals surface area contributed by atoms with Gasteiger partial charge < -0.3 is 19.5 Å². The van der Waals surface area contributed by atoms with Crippen LogP contribution in [0.5, 0.6) is 17.5 Å². The van der Waals surface area contributed by atoms with Gasteiger partial charge in [-0.3, -0.25) is 4.57 Å². The van der Waals surface area contributed by atoms with Crippen molar-refractivity contribution in [1.82, 2.24) is 14.1 Å². The van der Waals surface area contributed by atoms with Crippen LogP contribution in [0.2, 0.25) is 0 Å². The number of imidazole rings is 1. The number of fused-ring (bicyclic) bond motifs is 1. The molecule has 0 aliphatic heterocycles. The van der Waals surface area contributed by atoms with E-state index in [1.807, 2.05) is 26.1 Å². The van der Waals surface area contributed by atoms with Gasteiger partial charge in [-0.1, -0.05) is 13.8 Å². The van der Waals surface area contributed by atoms with Gasteiger partial charge in [0.15, 0.2) is 0 Å². The Morgan fingerprint density at radius 1 is 1.06 bits per heavy atom. The Labute approximate surface area is 182 Å². The number of aromatic nitrogens is 3. The zero-order valence-electron chi connectivity index (χ0n) is 18.9. The van der Waals surface area contributed by atoms with E-state index in [4.69, 9.17) is 4.74 Å². The predicted molar refractivity (Wildman–Crippen MR) is 124 cm³/mol. The molecule has 6 heteroatoms. The molecule has 0 saturated carbocycles. The Bertz CT molecular complexity index is 1280. The Kier molecular flexibility index (Phi) is 5.17. The van der Waals surface area contributed by atoms with Crippen LogP contribution in [-0.2, 0) is 7.05 Å². The topological polar surface area (TPSA) is 72.4 Å². The van der Waals surface area contributed by atoms with Crippen LogP contribution < -0.4 is 4.74 Å². The van der Waals surface area contributed by atoms with E-state index >= 15 is 0 Å². The first kappa shape index (κ1) is 20.8. The third-order valence-corrected chi connectivity index (χ3v) is 5.78. The number of ether oxygens (including phenoxy) is 1. The quantitative estimate of drug-likeness (QED) is 0.443. The van der Waals surface area contributed by atoms with Crippen molar-refractivity contribution in [3.05, 3.63) is 53.3 Å². The molecule has 0 fully saturated rings. The molecule has 0 aliphatic carbocycles. The highest BCUT2D eigenvalue weighted by molar-refractivity contribution is 5.89. The molecule has 2 N–H and O–H groups in total. The van der Waals surface area contributed by atoms with Gasteiger partial charge in [-0.05, 0) is 61.6 Å². The number of hydrogen-bond acceptors (Lipinski definition) is 4. The van der Waals surface area contributed by atoms with Crippen molar-refractivity contribution in [2.45, 2.75) is 40.5 Å². The van der Waals surface area contributed by atoms with Gasteiger partial charge in [0.25, 0.3) is 6.01 Å². The molecular weight excluding hydrogens is 390 g/mol. The van der Waals surface area contributed by atoms with Gasteiger partial charge in [0.1, 0.15) is 11.5 Å². The molecular formula is C25H29N3O3. The lowest BCUT2D eigenvalue weighted by Crippen LogP contribution is -2.01. The summed E-state index contributed by atoms with van der Waals surface area (Å²) >= 11 is 0. The number of phenols is 1. The maximum atomic E-state index is 10.8. The number of aromatic hydroxyl groups is 2. The standard InChI is InChI=1S/C25H29N3O3/c1-7-31-23-11-22(29)20(10-18(23)14(2)3)21-12-26-25(30)28(21)17-8-15(4)24-19(9-17)16(5)13-27(24)6/h8-14,29H,7H2,1-6H3,(H,26,30). The van der Waals surface area contributed by atoms with E-state index in [2.05, 4.69) is 49.5 Å². The van der Waals surface area contributed by atoms with Crippen LogP contribution in [0.15, 0.2) is 36.7 Å². The van der Waals surface area contributed by atoms with Gasteiger partial charge in [0.05, 0.1) is 29.7 Å². The van der Waals surface area contributed by atoms with Crippen molar-refractivity contribution in [3.63, 3.8) is 0 Å². The highest BCUT2D eigenvalue weighted by Gasteiger charge is 2.21. The highest BCUT2D eigenvalue weighted by Crippen LogP contribution is 2.41. The van der Waals surface area contributed by atoms with E-state index in [0.29, 0.717) is 23.6 Å². The van der Waals surface area contributed by atoms with E-state index in [9.17, 15) is 10.2 Å². The van der Waals surface area contributed by atoms with Gasteiger partial charge in [-0.2, -0.15) is 0 Å². The van der Waals surface area contributed by atoms with Gasteiger partial charge >= 0.3 is 0 Å². The second-order valence-corrected chi connectivity index (χ2v) is 8.36. The molecule has 162 valence electrons. The highest BCUT2D eigenvalue weighted by atomic mass is 16.5. The van der Waals surface area contributed by atoms with Gasteiger partial charge in [-0.25, -0.2) is 4.98 Å². The largest absolute Gasteiger partial charge is 0.507 e. The van der Waals surface area contributed by atoms with E-state index in [0.717, 1.165) is 33.3 Å². The molecule has 0 spiro atoms. The third kappa shape index (κ3) is 3.42. The number of aryl methyl sites for hydroxylation is 3. The molecule has 0 bridgehead atoms. The van der Waals surface area contributed by atoms with Crippen LogP contribution in [0.1, 0.15) is 43.4 Å². The van der Waals surface area contributed by atoms with Crippen LogP contribution in [0, 0.1) is 13.8 Å². The van der Waals surface area contributed by atoms with Crippen LogP contribution in [0.25, 0.3) is 27.8 Å². The van der Waals surface area contributed by atoms with Crippen LogP contribution in [0.4, 0.5) is 0 Å². The molecule has 6 nitrogen and oxygen atoms in total. The van der Waals surface area contributed by atoms with Crippen LogP contribution in [-0.4, -0.2) is 30.9 Å². The zero-order valence-corrected chi connectivity index (χ0v) is 18.9. The lowest BCUT2D eigenvalue weighted by atomic mass is 9.97. The summed E-state index contributed by atoms with van der Waals surface area (Å²) in [4.78, 5) is 4.15. The van der Waals surface area contributed by atoms with E-state index in [-0.39, 0.29) is 17.7 Å². The molecule has 4 rings (SSSR count). The van der Waals surface area contributed by atoms with Crippen molar-refractivity contribution < 1.29 is 14.9 Å². The number of rotatable bonds is 5. The Morgan fingerprint density at radius 3 is 2.48 bits per heavy atom. The van der Waals surface area contributed by atoms with Crippen molar-refractivity contribution in [3.8, 4) is 34.5 Å². The Balaban J connectivity index is 1.95. The average molecular weight is 420 g/mol. The number of phenolic OH excluding ortho intramolecular Hbond substituents is 1. The summed E-state index contributed by atoms with van der Waals surface area (Å²) in [5, 5.41) is 22.6. The number of hydrogen-bond donors (Lipinski definition) is 2. The average Bonchev–Trinajstić information content (AvgIpc) is 3.21. The number of nitrogens with zero attached hydrogens (tertiary/aromatic N) is 3. The fraction of sp³-hybridized carbons (Fsp3) is 0.320. The summed E-state index contributed by atoms with van der Waals surface area (Å²) in [6.07, 6.45) is 3.69. The molecule has 0 amide bonds. The van der Waals surface area contributed by atoms with Crippen molar-refractivity contribution >= 4 is 10.9 Å². The normalized spacial score (nSPS) is 11.6. The summed E-state index contributed by atoms with van der Waals surface area (Å²) in [5.74, 6) is 0.963. The SMILES string of the molecule is CCOc1cc(O)c(-c2cnc(O)n2-c2cc(C)c3c(c2)c(C)cn3C)cc1C(C)C. The van der Waals surface area contributed by atoms with E-state index < -0.39 is 0 Å². The lowest BCUT2D eigenvalue weighted by Gasteiger charge is -2.17. The molecule has 0 atom stereocenters. The first-order valence-corrected chi connectivity index (χ1v) is 10.6. The fourth-order valence-corrected chi connectivity index (χ4v) is 4.39. The van der Waals surface area contributed by atoms with E-state index in [1.165, 1.54) is 0 Å². The van der Waals surface area contributed by atoms with Crippen molar-refractivity contribution in [2.24, 2.45) is 7.05 Å². The Morgan fingerprint density at radius 2 is 1.81 bits per heavy atom. The predicted octanol–water partition coefficient (Wildman–Crippen LogP) is 5.58. The lowest BCUT2D eigenvalue weighted by molar-refractivity contribution is 0.332. The molecule has 0 radical (unpaired) electrons. The van der Waals surface area contributed by atoms with Crippen molar-refractivity contribution in [2.75, 3.05) is 6.61 Å². The minimum absolute atomic E-state index is 0.0858. The van der Waals surface area contributed by atoms with Crippen molar-refractivity contribution in [1.29, 1.82) is 0 Å². The first-order chi connectivity index (χ1) is 14.7. The summed E-state index contributed by atoms with van der Waals surface area (Å²) in [5.41, 5.74) is 6.43. The second kappa shape index (κ2) is 7.69. The summed E-state index contributed by atoms with van der Waals surface area (Å²) in [7, 11) is 2.04. The molecule has 2 heterocycles. The van der Waals surface area contributed by atoms with E-state index in [1.54, 1.807) is 16.8 Å². The minimum Gasteiger partial charge on any atom is -0.507 e. The molecule has 0 saturated heterocycles. The maximum Gasteiger partial charge on any atom is 0.298 e. The fourth-order valence-electron chi connectivity index (χ4n) is 4.39.